The lowest BCUT2D eigenvalue weighted by atomic mass is 10.3. The molecule has 0 saturated heterocycles. The Morgan fingerprint density at radius 3 is 2.64 bits per heavy atom. The predicted octanol–water partition coefficient (Wildman–Crippen LogP) is 2.33. The van der Waals surface area contributed by atoms with E-state index in [9.17, 15) is 22.0 Å². The number of carbonyl (C=O) groups excluding carboxylic acids is 1. The maximum atomic E-state index is 13.4. The third-order valence-electron chi connectivity index (χ3n) is 2.80. The lowest BCUT2D eigenvalue weighted by Crippen LogP contribution is -2.37. The highest BCUT2D eigenvalue weighted by atomic mass is 32.2. The molecular weight excluding hydrogens is 394 g/mol. The zero-order valence-corrected chi connectivity index (χ0v) is 15.6. The molecule has 0 aliphatic heterocycles. The first kappa shape index (κ1) is 19.5. The first-order valence-corrected chi connectivity index (χ1v) is 10.5. The number of sulfonamides is 1. The van der Waals surface area contributed by atoms with Gasteiger partial charge in [-0.1, -0.05) is 30.0 Å². The van der Waals surface area contributed by atoms with E-state index < -0.39 is 34.1 Å². The monoisotopic (exact) mass is 408 g/mol. The Morgan fingerprint density at radius 2 is 2.04 bits per heavy atom. The summed E-state index contributed by atoms with van der Waals surface area (Å²) in [7, 11) is -3.89. The Bertz CT molecular complexity index is 873. The van der Waals surface area contributed by atoms with Crippen LogP contribution >= 0.6 is 23.1 Å². The van der Waals surface area contributed by atoms with Crippen molar-refractivity contribution in [1.29, 1.82) is 0 Å². The first-order chi connectivity index (χ1) is 11.7. The van der Waals surface area contributed by atoms with Crippen LogP contribution in [0, 0.1) is 11.6 Å². The SMILES string of the molecule is CCSc1nnc(NC(=O)CN(c2ccc(F)c(F)c2)S(C)(=O)=O)s1. The maximum Gasteiger partial charge on any atom is 0.246 e. The van der Waals surface area contributed by atoms with Gasteiger partial charge in [-0.3, -0.25) is 14.4 Å². The molecule has 25 heavy (non-hydrogen) atoms. The van der Waals surface area contributed by atoms with Crippen LogP contribution in [0.15, 0.2) is 22.5 Å². The van der Waals surface area contributed by atoms with Crippen molar-refractivity contribution in [1.82, 2.24) is 10.2 Å². The number of hydrogen-bond acceptors (Lipinski definition) is 7. The molecule has 0 unspecified atom stereocenters. The van der Waals surface area contributed by atoms with Crippen molar-refractivity contribution in [3.63, 3.8) is 0 Å². The van der Waals surface area contributed by atoms with E-state index in [0.29, 0.717) is 14.7 Å². The number of carbonyl (C=O) groups is 1. The van der Waals surface area contributed by atoms with Gasteiger partial charge in [-0.2, -0.15) is 0 Å². The second kappa shape index (κ2) is 8.06. The highest BCUT2D eigenvalue weighted by Crippen LogP contribution is 2.25. The summed E-state index contributed by atoms with van der Waals surface area (Å²) in [6, 6.07) is 2.58. The van der Waals surface area contributed by atoms with Gasteiger partial charge >= 0.3 is 0 Å². The molecule has 0 atom stereocenters. The van der Waals surface area contributed by atoms with Gasteiger partial charge in [0, 0.05) is 6.07 Å². The van der Waals surface area contributed by atoms with Crippen molar-refractivity contribution in [3.05, 3.63) is 29.8 Å². The molecule has 0 radical (unpaired) electrons. The van der Waals surface area contributed by atoms with E-state index in [4.69, 9.17) is 0 Å². The van der Waals surface area contributed by atoms with E-state index in [-0.39, 0.29) is 10.8 Å². The minimum atomic E-state index is -3.89. The van der Waals surface area contributed by atoms with Gasteiger partial charge in [-0.25, -0.2) is 17.2 Å². The fraction of sp³-hybridized carbons (Fsp3) is 0.308. The normalized spacial score (nSPS) is 11.4. The standard InChI is InChI=1S/C13H14F2N4O3S3/c1-3-23-13-18-17-12(24-13)16-11(20)7-19(25(2,21)22)8-4-5-9(14)10(15)6-8/h4-6H,3,7H2,1-2H3,(H,16,17,20). The van der Waals surface area contributed by atoms with Gasteiger partial charge in [0.1, 0.15) is 6.54 Å². The third-order valence-corrected chi connectivity index (χ3v) is 5.79. The molecule has 2 aromatic rings. The molecule has 0 fully saturated rings. The van der Waals surface area contributed by atoms with Gasteiger partial charge in [-0.05, 0) is 17.9 Å². The molecule has 0 bridgehead atoms. The van der Waals surface area contributed by atoms with Crippen LogP contribution in [0.4, 0.5) is 19.6 Å². The van der Waals surface area contributed by atoms with Crippen LogP contribution in [0.2, 0.25) is 0 Å². The number of anilines is 2. The molecule has 0 spiro atoms. The van der Waals surface area contributed by atoms with Gasteiger partial charge in [0.05, 0.1) is 11.9 Å². The van der Waals surface area contributed by atoms with Crippen molar-refractivity contribution in [2.45, 2.75) is 11.3 Å². The summed E-state index contributed by atoms with van der Waals surface area (Å²) in [4.78, 5) is 12.1. The van der Waals surface area contributed by atoms with Crippen LogP contribution in [-0.2, 0) is 14.8 Å². The van der Waals surface area contributed by atoms with E-state index >= 15 is 0 Å². The van der Waals surface area contributed by atoms with Crippen LogP contribution in [0.1, 0.15) is 6.92 Å². The van der Waals surface area contributed by atoms with Gasteiger partial charge in [0.15, 0.2) is 16.0 Å². The molecule has 7 nitrogen and oxygen atoms in total. The summed E-state index contributed by atoms with van der Waals surface area (Å²) in [5, 5.41) is 10.3. The molecule has 1 aromatic heterocycles. The summed E-state index contributed by atoms with van der Waals surface area (Å²) in [5.41, 5.74) is -0.156. The molecule has 1 aromatic carbocycles. The number of halogens is 2. The van der Waals surface area contributed by atoms with Gasteiger partial charge in [0.25, 0.3) is 0 Å². The summed E-state index contributed by atoms with van der Waals surface area (Å²) >= 11 is 2.60. The van der Waals surface area contributed by atoms with Gasteiger partial charge in [-0.15, -0.1) is 10.2 Å². The number of thioether (sulfide) groups is 1. The van der Waals surface area contributed by atoms with Crippen LogP contribution in [-0.4, -0.2) is 43.1 Å². The Kier molecular flexibility index (Phi) is 6.30. The van der Waals surface area contributed by atoms with Crippen molar-refractivity contribution in [2.24, 2.45) is 0 Å². The molecule has 0 saturated carbocycles. The zero-order valence-electron chi connectivity index (χ0n) is 13.2. The summed E-state index contributed by atoms with van der Waals surface area (Å²) in [6.45, 7) is 1.33. The summed E-state index contributed by atoms with van der Waals surface area (Å²) in [5.74, 6) is -2.21. The van der Waals surface area contributed by atoms with E-state index in [1.165, 1.54) is 11.8 Å². The molecule has 0 aliphatic carbocycles. The molecule has 1 amide bonds. The zero-order chi connectivity index (χ0) is 18.6. The minimum Gasteiger partial charge on any atom is -0.299 e. The number of nitrogens with one attached hydrogen (secondary N) is 1. The fourth-order valence-corrected chi connectivity index (χ4v) is 4.28. The topological polar surface area (TPSA) is 92.3 Å². The molecular formula is C13H14F2N4O3S3. The Hall–Kier alpha value is -1.79. The first-order valence-electron chi connectivity index (χ1n) is 6.89. The number of benzene rings is 1. The number of amides is 1. The van der Waals surface area contributed by atoms with Crippen molar-refractivity contribution < 1.29 is 22.0 Å². The number of nitrogens with zero attached hydrogens (tertiary/aromatic N) is 3. The van der Waals surface area contributed by atoms with Crippen LogP contribution in [0.25, 0.3) is 0 Å². The Balaban J connectivity index is 2.16. The second-order valence-electron chi connectivity index (χ2n) is 4.72. The fourth-order valence-electron chi connectivity index (χ4n) is 1.77. The average Bonchev–Trinajstić information content (AvgIpc) is 2.94. The maximum absolute atomic E-state index is 13.4. The van der Waals surface area contributed by atoms with Gasteiger partial charge < -0.3 is 0 Å². The smallest absolute Gasteiger partial charge is 0.246 e. The molecule has 12 heteroatoms. The summed E-state index contributed by atoms with van der Waals surface area (Å²) in [6.07, 6.45) is 0.864. The van der Waals surface area contributed by atoms with Crippen molar-refractivity contribution >= 4 is 49.8 Å². The molecule has 1 N–H and O–H groups in total. The Morgan fingerprint density at radius 1 is 1.32 bits per heavy atom. The van der Waals surface area contributed by atoms with Crippen molar-refractivity contribution in [2.75, 3.05) is 28.2 Å². The number of rotatable bonds is 7. The van der Waals surface area contributed by atoms with Crippen LogP contribution < -0.4 is 9.62 Å². The minimum absolute atomic E-state index is 0.156. The Labute approximate surface area is 151 Å². The lowest BCUT2D eigenvalue weighted by Gasteiger charge is -2.21. The van der Waals surface area contributed by atoms with Crippen LogP contribution in [0.3, 0.4) is 0 Å². The van der Waals surface area contributed by atoms with Crippen LogP contribution in [0.5, 0.6) is 0 Å². The average molecular weight is 408 g/mol. The molecule has 2 rings (SSSR count). The second-order valence-corrected chi connectivity index (χ2v) is 9.12. The highest BCUT2D eigenvalue weighted by molar-refractivity contribution is 8.01. The molecule has 0 aliphatic rings. The van der Waals surface area contributed by atoms with Gasteiger partial charge in [0.2, 0.25) is 21.1 Å². The molecule has 136 valence electrons. The van der Waals surface area contributed by atoms with Crippen molar-refractivity contribution in [3.8, 4) is 0 Å². The van der Waals surface area contributed by atoms with E-state index in [1.807, 2.05) is 6.92 Å². The largest absolute Gasteiger partial charge is 0.299 e. The van der Waals surface area contributed by atoms with E-state index in [1.54, 1.807) is 0 Å². The van der Waals surface area contributed by atoms with E-state index in [2.05, 4.69) is 15.5 Å². The summed E-state index contributed by atoms with van der Waals surface area (Å²) < 4.78 is 51.6. The molecule has 1 heterocycles. The number of hydrogen-bond donors (Lipinski definition) is 1. The number of aromatic nitrogens is 2. The van der Waals surface area contributed by atoms with E-state index in [0.717, 1.165) is 35.5 Å². The quantitative estimate of drug-likeness (QED) is 0.558. The third kappa shape index (κ3) is 5.34. The lowest BCUT2D eigenvalue weighted by molar-refractivity contribution is -0.114. The predicted molar refractivity (Wildman–Crippen MR) is 93.5 cm³/mol. The highest BCUT2D eigenvalue weighted by Gasteiger charge is 2.22.